The largest absolute Gasteiger partial charge is 0.457 e. The van der Waals surface area contributed by atoms with E-state index in [9.17, 15) is 0 Å². The Labute approximate surface area is 152 Å². The predicted molar refractivity (Wildman–Crippen MR) is 105 cm³/mol. The summed E-state index contributed by atoms with van der Waals surface area (Å²) in [5, 5.41) is 4.92. The Hall–Kier alpha value is -2.78. The number of hydrogen-bond acceptors (Lipinski definition) is 3. The van der Waals surface area contributed by atoms with Crippen LogP contribution in [0.2, 0.25) is 5.02 Å². The van der Waals surface area contributed by atoms with Crippen LogP contribution in [0.1, 0.15) is 16.7 Å². The van der Waals surface area contributed by atoms with E-state index < -0.39 is 0 Å². The van der Waals surface area contributed by atoms with Crippen molar-refractivity contribution >= 4 is 23.5 Å². The van der Waals surface area contributed by atoms with Crippen LogP contribution in [0.15, 0.2) is 71.8 Å². The average molecular weight is 351 g/mol. The fourth-order valence-electron chi connectivity index (χ4n) is 2.29. The monoisotopic (exact) mass is 350 g/mol. The summed E-state index contributed by atoms with van der Waals surface area (Å²) in [5.41, 5.74) is 7.20. The van der Waals surface area contributed by atoms with Crippen LogP contribution in [0.3, 0.4) is 0 Å². The van der Waals surface area contributed by atoms with Crippen LogP contribution in [-0.2, 0) is 0 Å². The molecule has 0 radical (unpaired) electrons. The van der Waals surface area contributed by atoms with Gasteiger partial charge < -0.3 is 4.74 Å². The first-order chi connectivity index (χ1) is 12.1. The normalized spacial score (nSPS) is 10.8. The minimum Gasteiger partial charge on any atom is -0.457 e. The highest BCUT2D eigenvalue weighted by atomic mass is 35.5. The number of anilines is 1. The van der Waals surface area contributed by atoms with Gasteiger partial charge in [-0.2, -0.15) is 5.10 Å². The SMILES string of the molecule is Cc1cccc(Oc2ccc(C=NNc3ccc(Cl)cc3)cc2)c1C. The highest BCUT2D eigenvalue weighted by Gasteiger charge is 2.03. The Morgan fingerprint density at radius 3 is 2.36 bits per heavy atom. The van der Waals surface area contributed by atoms with Crippen molar-refractivity contribution in [2.24, 2.45) is 5.10 Å². The lowest BCUT2D eigenvalue weighted by molar-refractivity contribution is 0.478. The van der Waals surface area contributed by atoms with Gasteiger partial charge in [-0.25, -0.2) is 0 Å². The summed E-state index contributed by atoms with van der Waals surface area (Å²) in [6, 6.07) is 21.3. The van der Waals surface area contributed by atoms with E-state index in [1.807, 2.05) is 60.7 Å². The first-order valence-corrected chi connectivity index (χ1v) is 8.38. The maximum absolute atomic E-state index is 5.96. The Morgan fingerprint density at radius 2 is 1.64 bits per heavy atom. The van der Waals surface area contributed by atoms with E-state index in [1.54, 1.807) is 6.21 Å². The number of halogens is 1. The van der Waals surface area contributed by atoms with E-state index in [1.165, 1.54) is 5.56 Å². The number of nitrogens with zero attached hydrogens (tertiary/aromatic N) is 1. The van der Waals surface area contributed by atoms with E-state index in [4.69, 9.17) is 16.3 Å². The molecule has 0 aromatic heterocycles. The van der Waals surface area contributed by atoms with E-state index >= 15 is 0 Å². The number of nitrogens with one attached hydrogen (secondary N) is 1. The van der Waals surface area contributed by atoms with E-state index in [0.29, 0.717) is 5.02 Å². The van der Waals surface area contributed by atoms with Gasteiger partial charge in [-0.15, -0.1) is 0 Å². The van der Waals surface area contributed by atoms with Gasteiger partial charge in [0.2, 0.25) is 0 Å². The van der Waals surface area contributed by atoms with Crippen molar-refractivity contribution < 1.29 is 4.74 Å². The topological polar surface area (TPSA) is 33.6 Å². The minimum absolute atomic E-state index is 0.703. The van der Waals surface area contributed by atoms with Crippen LogP contribution in [0.5, 0.6) is 11.5 Å². The molecular formula is C21H19ClN2O. The van der Waals surface area contributed by atoms with Crippen LogP contribution in [0, 0.1) is 13.8 Å². The third-order valence-electron chi connectivity index (χ3n) is 3.91. The van der Waals surface area contributed by atoms with Crippen LogP contribution in [0.25, 0.3) is 0 Å². The Kier molecular flexibility index (Phi) is 5.36. The Morgan fingerprint density at radius 1 is 0.920 bits per heavy atom. The van der Waals surface area contributed by atoms with Gasteiger partial charge in [-0.05, 0) is 85.1 Å². The van der Waals surface area contributed by atoms with Crippen molar-refractivity contribution in [3.63, 3.8) is 0 Å². The molecule has 0 aliphatic rings. The summed E-state index contributed by atoms with van der Waals surface area (Å²) in [4.78, 5) is 0. The standard InChI is InChI=1S/C21H19ClN2O/c1-15-4-3-5-21(16(15)2)25-20-12-6-17(7-13-20)14-23-24-19-10-8-18(22)9-11-19/h3-14,24H,1-2H3. The molecule has 25 heavy (non-hydrogen) atoms. The molecule has 0 spiro atoms. The first kappa shape index (κ1) is 17.1. The molecule has 0 heterocycles. The number of aryl methyl sites for hydroxylation is 1. The van der Waals surface area contributed by atoms with Gasteiger partial charge in [0.15, 0.2) is 0 Å². The number of ether oxygens (including phenoxy) is 1. The van der Waals surface area contributed by atoms with Gasteiger partial charge in [-0.1, -0.05) is 23.7 Å². The number of hydrogen-bond donors (Lipinski definition) is 1. The van der Waals surface area contributed by atoms with Crippen molar-refractivity contribution in [2.45, 2.75) is 13.8 Å². The second kappa shape index (κ2) is 7.86. The molecule has 4 heteroatoms. The summed E-state index contributed by atoms with van der Waals surface area (Å²) in [5.74, 6) is 1.68. The molecular weight excluding hydrogens is 332 g/mol. The van der Waals surface area contributed by atoms with Crippen molar-refractivity contribution in [2.75, 3.05) is 5.43 Å². The highest BCUT2D eigenvalue weighted by molar-refractivity contribution is 6.30. The van der Waals surface area contributed by atoms with Crippen molar-refractivity contribution in [1.29, 1.82) is 0 Å². The molecule has 1 N–H and O–H groups in total. The fraction of sp³-hybridized carbons (Fsp3) is 0.0952. The summed E-state index contributed by atoms with van der Waals surface area (Å²) >= 11 is 5.85. The number of benzene rings is 3. The number of rotatable bonds is 5. The zero-order valence-electron chi connectivity index (χ0n) is 14.2. The molecule has 0 bridgehead atoms. The summed E-state index contributed by atoms with van der Waals surface area (Å²) in [6.07, 6.45) is 1.76. The third kappa shape index (κ3) is 4.61. The van der Waals surface area contributed by atoms with Crippen LogP contribution in [0.4, 0.5) is 5.69 Å². The van der Waals surface area contributed by atoms with Crippen LogP contribution >= 0.6 is 11.6 Å². The van der Waals surface area contributed by atoms with Gasteiger partial charge in [0.05, 0.1) is 11.9 Å². The quantitative estimate of drug-likeness (QED) is 0.439. The van der Waals surface area contributed by atoms with Gasteiger partial charge in [0.1, 0.15) is 11.5 Å². The molecule has 3 nitrogen and oxygen atoms in total. The molecule has 0 unspecified atom stereocenters. The summed E-state index contributed by atoms with van der Waals surface area (Å²) in [6.45, 7) is 4.14. The molecule has 0 saturated carbocycles. The molecule has 0 atom stereocenters. The summed E-state index contributed by atoms with van der Waals surface area (Å²) < 4.78 is 5.96. The predicted octanol–water partition coefficient (Wildman–Crippen LogP) is 6.20. The average Bonchev–Trinajstić information content (AvgIpc) is 2.62. The van der Waals surface area contributed by atoms with Crippen LogP contribution < -0.4 is 10.2 Å². The zero-order valence-corrected chi connectivity index (χ0v) is 14.9. The lowest BCUT2D eigenvalue weighted by atomic mass is 10.1. The molecule has 0 fully saturated rings. The molecule has 0 saturated heterocycles. The molecule has 126 valence electrons. The second-order valence-electron chi connectivity index (χ2n) is 5.75. The van der Waals surface area contributed by atoms with Gasteiger partial charge >= 0.3 is 0 Å². The first-order valence-electron chi connectivity index (χ1n) is 8.00. The van der Waals surface area contributed by atoms with Gasteiger partial charge in [0.25, 0.3) is 0 Å². The molecule has 0 aliphatic carbocycles. The zero-order chi connectivity index (χ0) is 17.6. The Bertz CT molecular complexity index is 871. The molecule has 0 aliphatic heterocycles. The van der Waals surface area contributed by atoms with Crippen molar-refractivity contribution in [3.05, 3.63) is 88.4 Å². The molecule has 3 rings (SSSR count). The fourth-order valence-corrected chi connectivity index (χ4v) is 2.42. The lowest BCUT2D eigenvalue weighted by Gasteiger charge is -2.10. The maximum Gasteiger partial charge on any atom is 0.130 e. The van der Waals surface area contributed by atoms with E-state index in [2.05, 4.69) is 30.4 Å². The third-order valence-corrected chi connectivity index (χ3v) is 4.17. The number of hydrazone groups is 1. The van der Waals surface area contributed by atoms with Crippen LogP contribution in [-0.4, -0.2) is 6.21 Å². The molecule has 3 aromatic carbocycles. The molecule has 3 aromatic rings. The summed E-state index contributed by atoms with van der Waals surface area (Å²) in [7, 11) is 0. The smallest absolute Gasteiger partial charge is 0.130 e. The van der Waals surface area contributed by atoms with Gasteiger partial charge in [-0.3, -0.25) is 5.43 Å². The highest BCUT2D eigenvalue weighted by Crippen LogP contribution is 2.26. The molecule has 0 amide bonds. The van der Waals surface area contributed by atoms with Gasteiger partial charge in [0, 0.05) is 5.02 Å². The second-order valence-corrected chi connectivity index (χ2v) is 6.18. The van der Waals surface area contributed by atoms with E-state index in [0.717, 1.165) is 28.3 Å². The Balaban J connectivity index is 1.63. The maximum atomic E-state index is 5.96. The van der Waals surface area contributed by atoms with Crippen molar-refractivity contribution in [1.82, 2.24) is 0 Å². The minimum atomic E-state index is 0.703. The lowest BCUT2D eigenvalue weighted by Crippen LogP contribution is -1.92. The van der Waals surface area contributed by atoms with E-state index in [-0.39, 0.29) is 0 Å². The van der Waals surface area contributed by atoms with Crippen molar-refractivity contribution in [3.8, 4) is 11.5 Å².